The van der Waals surface area contributed by atoms with Gasteiger partial charge in [-0.05, 0) is 52.0 Å². The lowest BCUT2D eigenvalue weighted by molar-refractivity contribution is -0.112. The number of ketones is 1. The molecule has 132 valence electrons. The van der Waals surface area contributed by atoms with Gasteiger partial charge in [0, 0.05) is 30.5 Å². The molecule has 1 aromatic carbocycles. The van der Waals surface area contributed by atoms with Crippen molar-refractivity contribution in [2.75, 3.05) is 32.5 Å². The number of carbonyl (C=O) groups excluding carboxylic acids is 2. The summed E-state index contributed by atoms with van der Waals surface area (Å²) in [4.78, 5) is 28.0. The van der Waals surface area contributed by atoms with E-state index in [1.54, 1.807) is 30.5 Å². The maximum atomic E-state index is 12.4. The first-order valence-electron chi connectivity index (χ1n) is 8.35. The van der Waals surface area contributed by atoms with E-state index in [0.29, 0.717) is 17.3 Å². The molecule has 1 N–H and O–H groups in total. The number of carbonyl (C=O) groups is 2. The van der Waals surface area contributed by atoms with Crippen molar-refractivity contribution in [2.45, 2.75) is 25.8 Å². The smallest absolute Gasteiger partial charge is 0.267 e. The van der Waals surface area contributed by atoms with Crippen molar-refractivity contribution in [2.24, 2.45) is 0 Å². The first-order chi connectivity index (χ1) is 11.9. The minimum Gasteiger partial charge on any atom is -0.376 e. The van der Waals surface area contributed by atoms with Crippen LogP contribution in [0.1, 0.15) is 30.1 Å². The quantitative estimate of drug-likeness (QED) is 0.505. The highest BCUT2D eigenvalue weighted by Gasteiger charge is 2.20. The zero-order valence-corrected chi connectivity index (χ0v) is 15.0. The van der Waals surface area contributed by atoms with Crippen LogP contribution in [0.15, 0.2) is 36.0 Å². The predicted octanol–water partition coefficient (Wildman–Crippen LogP) is 2.26. The third-order valence-electron chi connectivity index (χ3n) is 4.49. The van der Waals surface area contributed by atoms with Crippen molar-refractivity contribution >= 4 is 17.4 Å². The molecule has 1 aliphatic heterocycles. The molecule has 2 rings (SSSR count). The van der Waals surface area contributed by atoms with E-state index in [9.17, 15) is 14.9 Å². The minimum atomic E-state index is -0.469. The molecule has 0 atom stereocenters. The molecule has 0 bridgehead atoms. The Morgan fingerprint density at radius 2 is 2.04 bits per heavy atom. The van der Waals surface area contributed by atoms with Gasteiger partial charge in [-0.1, -0.05) is 12.1 Å². The Balaban J connectivity index is 2.06. The summed E-state index contributed by atoms with van der Waals surface area (Å²) >= 11 is 0. The van der Waals surface area contributed by atoms with Crippen LogP contribution in [-0.4, -0.2) is 54.7 Å². The SMILES string of the molecule is CC(=O)c1cccc(NC(=O)/C(C#N)=C\N(C)C2CCN(C)CC2)c1. The Hall–Kier alpha value is -2.65. The number of amides is 1. The van der Waals surface area contributed by atoms with Crippen LogP contribution in [0.5, 0.6) is 0 Å². The van der Waals surface area contributed by atoms with E-state index >= 15 is 0 Å². The lowest BCUT2D eigenvalue weighted by Gasteiger charge is -2.34. The van der Waals surface area contributed by atoms with Gasteiger partial charge in [0.15, 0.2) is 5.78 Å². The molecule has 6 heteroatoms. The first kappa shape index (κ1) is 18.7. The summed E-state index contributed by atoms with van der Waals surface area (Å²) in [6, 6.07) is 8.99. The molecule has 1 aliphatic rings. The molecule has 0 saturated carbocycles. The van der Waals surface area contributed by atoms with E-state index < -0.39 is 5.91 Å². The molecule has 1 fully saturated rings. The Labute approximate surface area is 148 Å². The van der Waals surface area contributed by atoms with Crippen molar-refractivity contribution in [1.29, 1.82) is 5.26 Å². The molecule has 6 nitrogen and oxygen atoms in total. The van der Waals surface area contributed by atoms with Crippen LogP contribution in [0.25, 0.3) is 0 Å². The third kappa shape index (κ3) is 5.16. The number of hydrogen-bond acceptors (Lipinski definition) is 5. The van der Waals surface area contributed by atoms with Crippen LogP contribution in [0.4, 0.5) is 5.69 Å². The molecule has 1 saturated heterocycles. The molecule has 0 spiro atoms. The normalized spacial score (nSPS) is 16.2. The maximum absolute atomic E-state index is 12.4. The fourth-order valence-corrected chi connectivity index (χ4v) is 2.86. The molecule has 1 heterocycles. The molecule has 0 aliphatic carbocycles. The molecular weight excluding hydrogens is 316 g/mol. The average Bonchev–Trinajstić information content (AvgIpc) is 2.60. The van der Waals surface area contributed by atoms with Gasteiger partial charge in [-0.25, -0.2) is 0 Å². The van der Waals surface area contributed by atoms with E-state index in [1.807, 2.05) is 18.0 Å². The standard InChI is InChI=1S/C19H24N4O2/c1-14(24)15-5-4-6-17(11-15)21-19(25)16(12-20)13-23(3)18-7-9-22(2)10-8-18/h4-6,11,13,18H,7-10H2,1-3H3,(H,21,25)/b16-13-. The first-order valence-corrected chi connectivity index (χ1v) is 8.35. The monoisotopic (exact) mass is 340 g/mol. The fraction of sp³-hybridized carbons (Fsp3) is 0.421. The van der Waals surface area contributed by atoms with E-state index in [2.05, 4.69) is 17.3 Å². The van der Waals surface area contributed by atoms with E-state index in [0.717, 1.165) is 25.9 Å². The number of rotatable bonds is 5. The summed E-state index contributed by atoms with van der Waals surface area (Å²) in [5.74, 6) is -0.544. The van der Waals surface area contributed by atoms with Crippen LogP contribution in [0.2, 0.25) is 0 Å². The summed E-state index contributed by atoms with van der Waals surface area (Å²) in [5.41, 5.74) is 1.07. The lowest BCUT2D eigenvalue weighted by Crippen LogP contribution is -2.40. The summed E-state index contributed by atoms with van der Waals surface area (Å²) in [6.45, 7) is 3.49. The highest BCUT2D eigenvalue weighted by molar-refractivity contribution is 6.07. The van der Waals surface area contributed by atoms with E-state index in [1.165, 1.54) is 6.92 Å². The topological polar surface area (TPSA) is 76.4 Å². The Kier molecular flexibility index (Phi) is 6.31. The van der Waals surface area contributed by atoms with Crippen LogP contribution >= 0.6 is 0 Å². The number of piperidine rings is 1. The largest absolute Gasteiger partial charge is 0.376 e. The van der Waals surface area contributed by atoms with E-state index in [4.69, 9.17) is 0 Å². The summed E-state index contributed by atoms with van der Waals surface area (Å²) in [6.07, 6.45) is 3.62. The number of benzene rings is 1. The second-order valence-electron chi connectivity index (χ2n) is 6.45. The van der Waals surface area contributed by atoms with Gasteiger partial charge >= 0.3 is 0 Å². The molecule has 1 aromatic rings. The zero-order valence-electron chi connectivity index (χ0n) is 15.0. The van der Waals surface area contributed by atoms with Gasteiger partial charge in [-0.2, -0.15) is 5.26 Å². The van der Waals surface area contributed by atoms with Gasteiger partial charge in [0.25, 0.3) is 5.91 Å². The van der Waals surface area contributed by atoms with Gasteiger partial charge in [-0.15, -0.1) is 0 Å². The van der Waals surface area contributed by atoms with Crippen molar-refractivity contribution in [3.05, 3.63) is 41.6 Å². The molecule has 1 amide bonds. The number of nitriles is 1. The zero-order chi connectivity index (χ0) is 18.4. The van der Waals surface area contributed by atoms with E-state index in [-0.39, 0.29) is 11.4 Å². The second kappa shape index (κ2) is 8.45. The van der Waals surface area contributed by atoms with Crippen molar-refractivity contribution in [1.82, 2.24) is 9.80 Å². The average molecular weight is 340 g/mol. The number of Topliss-reactive ketones (excluding diaryl/α,β-unsaturated/α-hetero) is 1. The van der Waals surface area contributed by atoms with Gasteiger partial charge in [0.2, 0.25) is 0 Å². The molecule has 25 heavy (non-hydrogen) atoms. The lowest BCUT2D eigenvalue weighted by atomic mass is 10.0. The molecule has 0 unspecified atom stereocenters. The predicted molar refractivity (Wildman–Crippen MR) is 97.1 cm³/mol. The van der Waals surface area contributed by atoms with Gasteiger partial charge in [0.1, 0.15) is 11.6 Å². The van der Waals surface area contributed by atoms with Crippen LogP contribution in [-0.2, 0) is 4.79 Å². The molecule has 0 aromatic heterocycles. The third-order valence-corrected chi connectivity index (χ3v) is 4.49. The van der Waals surface area contributed by atoms with Crippen molar-refractivity contribution in [3.8, 4) is 6.07 Å². The summed E-state index contributed by atoms with van der Waals surface area (Å²) < 4.78 is 0. The fourth-order valence-electron chi connectivity index (χ4n) is 2.86. The van der Waals surface area contributed by atoms with Crippen molar-refractivity contribution in [3.63, 3.8) is 0 Å². The Morgan fingerprint density at radius 3 is 2.64 bits per heavy atom. The number of hydrogen-bond donors (Lipinski definition) is 1. The number of anilines is 1. The molecular formula is C19H24N4O2. The molecule has 0 radical (unpaired) electrons. The Bertz CT molecular complexity index is 712. The number of nitrogens with zero attached hydrogens (tertiary/aromatic N) is 3. The summed E-state index contributed by atoms with van der Waals surface area (Å²) in [7, 11) is 3.99. The van der Waals surface area contributed by atoms with Crippen LogP contribution in [0.3, 0.4) is 0 Å². The minimum absolute atomic E-state index is 0.0506. The number of likely N-dealkylation sites (tertiary alicyclic amines) is 1. The van der Waals surface area contributed by atoms with Crippen molar-refractivity contribution < 1.29 is 9.59 Å². The number of nitrogens with one attached hydrogen (secondary N) is 1. The summed E-state index contributed by atoms with van der Waals surface area (Å²) in [5, 5.41) is 12.0. The second-order valence-corrected chi connectivity index (χ2v) is 6.45. The Morgan fingerprint density at radius 1 is 1.36 bits per heavy atom. The highest BCUT2D eigenvalue weighted by atomic mass is 16.1. The van der Waals surface area contributed by atoms with Gasteiger partial charge in [0.05, 0.1) is 0 Å². The maximum Gasteiger partial charge on any atom is 0.267 e. The van der Waals surface area contributed by atoms with Crippen LogP contribution in [0, 0.1) is 11.3 Å². The van der Waals surface area contributed by atoms with Gasteiger partial charge < -0.3 is 15.1 Å². The highest BCUT2D eigenvalue weighted by Crippen LogP contribution is 2.16. The van der Waals surface area contributed by atoms with Gasteiger partial charge in [-0.3, -0.25) is 9.59 Å². The van der Waals surface area contributed by atoms with Crippen LogP contribution < -0.4 is 5.32 Å².